The molecule has 3 aromatic rings. The van der Waals surface area contributed by atoms with Crippen LogP contribution in [0.25, 0.3) is 17.2 Å². The maximum atomic E-state index is 11.9. The van der Waals surface area contributed by atoms with Crippen molar-refractivity contribution in [3.8, 4) is 16.9 Å². The van der Waals surface area contributed by atoms with Gasteiger partial charge in [0.25, 0.3) is 11.8 Å². The Labute approximate surface area is 156 Å². The highest BCUT2D eigenvalue weighted by atomic mass is 16.5. The van der Waals surface area contributed by atoms with Crippen LogP contribution in [0.1, 0.15) is 5.76 Å². The molecule has 2 amide bonds. The van der Waals surface area contributed by atoms with E-state index in [0.717, 1.165) is 11.1 Å². The highest BCUT2D eigenvalue weighted by molar-refractivity contribution is 5.92. The molecule has 0 aliphatic heterocycles. The van der Waals surface area contributed by atoms with Crippen molar-refractivity contribution in [1.29, 1.82) is 0 Å². The van der Waals surface area contributed by atoms with E-state index in [1.165, 1.54) is 18.4 Å². The molecule has 3 rings (SSSR count). The number of ether oxygens (including phenoxy) is 1. The smallest absolute Gasteiger partial charge is 0.276 e. The maximum Gasteiger partial charge on any atom is 0.276 e. The summed E-state index contributed by atoms with van der Waals surface area (Å²) in [6.45, 7) is -0.230. The van der Waals surface area contributed by atoms with Gasteiger partial charge in [-0.25, -0.2) is 0 Å². The third-order valence-corrected chi connectivity index (χ3v) is 3.60. The highest BCUT2D eigenvalue weighted by Crippen LogP contribution is 2.29. The predicted molar refractivity (Wildman–Crippen MR) is 101 cm³/mol. The average Bonchev–Trinajstić information content (AvgIpc) is 3.24. The molecule has 6 nitrogen and oxygen atoms in total. The third kappa shape index (κ3) is 5.34. The first-order valence-corrected chi connectivity index (χ1v) is 8.30. The second-order valence-corrected chi connectivity index (χ2v) is 5.54. The van der Waals surface area contributed by atoms with Crippen LogP contribution >= 0.6 is 0 Å². The quantitative estimate of drug-likeness (QED) is 0.521. The van der Waals surface area contributed by atoms with Gasteiger partial charge in [-0.3, -0.25) is 20.4 Å². The Kier molecular flexibility index (Phi) is 6.04. The normalized spacial score (nSPS) is 10.5. The molecule has 0 aliphatic carbocycles. The van der Waals surface area contributed by atoms with E-state index in [-0.39, 0.29) is 6.61 Å². The molecule has 2 aromatic carbocycles. The lowest BCUT2D eigenvalue weighted by Gasteiger charge is -2.11. The zero-order chi connectivity index (χ0) is 18.9. The van der Waals surface area contributed by atoms with Gasteiger partial charge < -0.3 is 9.15 Å². The summed E-state index contributed by atoms with van der Waals surface area (Å²) in [6.07, 6.45) is 4.25. The molecule has 0 unspecified atom stereocenters. The Balaban J connectivity index is 1.50. The minimum Gasteiger partial charge on any atom is -0.483 e. The number of amides is 2. The molecule has 0 saturated heterocycles. The van der Waals surface area contributed by atoms with Gasteiger partial charge in [-0.05, 0) is 29.8 Å². The lowest BCUT2D eigenvalue weighted by Crippen LogP contribution is -2.43. The number of carbonyl (C=O) groups excluding carboxylic acids is 2. The second kappa shape index (κ2) is 9.05. The number of para-hydroxylation sites is 1. The van der Waals surface area contributed by atoms with Gasteiger partial charge in [-0.2, -0.15) is 0 Å². The summed E-state index contributed by atoms with van der Waals surface area (Å²) in [5.74, 6) is 0.169. The lowest BCUT2D eigenvalue weighted by molar-refractivity contribution is -0.128. The largest absolute Gasteiger partial charge is 0.483 e. The predicted octanol–water partition coefficient (Wildman–Crippen LogP) is 3.19. The molecule has 6 heteroatoms. The van der Waals surface area contributed by atoms with Crippen molar-refractivity contribution in [3.05, 3.63) is 84.8 Å². The zero-order valence-corrected chi connectivity index (χ0v) is 14.4. The number of carbonyl (C=O) groups is 2. The van der Waals surface area contributed by atoms with Gasteiger partial charge in [0.1, 0.15) is 11.5 Å². The van der Waals surface area contributed by atoms with Crippen molar-refractivity contribution in [3.63, 3.8) is 0 Å². The molecule has 0 saturated carbocycles. The average molecular weight is 362 g/mol. The van der Waals surface area contributed by atoms with Gasteiger partial charge in [0.15, 0.2) is 6.61 Å². The van der Waals surface area contributed by atoms with Gasteiger partial charge in [-0.15, -0.1) is 0 Å². The van der Waals surface area contributed by atoms with Crippen LogP contribution in [0.15, 0.2) is 83.5 Å². The number of furan rings is 1. The molecular weight excluding hydrogens is 344 g/mol. The Morgan fingerprint density at radius 2 is 1.70 bits per heavy atom. The molecule has 27 heavy (non-hydrogen) atoms. The Hall–Kier alpha value is -3.80. The van der Waals surface area contributed by atoms with E-state index >= 15 is 0 Å². The fraction of sp³-hybridized carbons (Fsp3) is 0.0476. The van der Waals surface area contributed by atoms with Crippen LogP contribution in [0.4, 0.5) is 0 Å². The fourth-order valence-electron chi connectivity index (χ4n) is 2.34. The van der Waals surface area contributed by atoms with Crippen LogP contribution in [0.2, 0.25) is 0 Å². The summed E-state index contributed by atoms with van der Waals surface area (Å²) in [7, 11) is 0. The van der Waals surface area contributed by atoms with Crippen molar-refractivity contribution >= 4 is 17.9 Å². The first kappa shape index (κ1) is 18.0. The van der Waals surface area contributed by atoms with Crippen LogP contribution in [0, 0.1) is 0 Å². The summed E-state index contributed by atoms with van der Waals surface area (Å²) in [4.78, 5) is 23.6. The summed E-state index contributed by atoms with van der Waals surface area (Å²) in [6, 6.07) is 20.6. The van der Waals surface area contributed by atoms with E-state index in [2.05, 4.69) is 10.9 Å². The summed E-state index contributed by atoms with van der Waals surface area (Å²) < 4.78 is 10.7. The lowest BCUT2D eigenvalue weighted by atomic mass is 10.1. The molecular formula is C21H18N2O4. The van der Waals surface area contributed by atoms with E-state index in [1.54, 1.807) is 18.2 Å². The van der Waals surface area contributed by atoms with E-state index in [1.807, 2.05) is 48.5 Å². The van der Waals surface area contributed by atoms with E-state index in [0.29, 0.717) is 11.5 Å². The fourth-order valence-corrected chi connectivity index (χ4v) is 2.34. The second-order valence-electron chi connectivity index (χ2n) is 5.54. The van der Waals surface area contributed by atoms with Crippen LogP contribution in [0.3, 0.4) is 0 Å². The van der Waals surface area contributed by atoms with E-state index in [4.69, 9.17) is 9.15 Å². The standard InChI is InChI=1S/C21H18N2O4/c24-20(13-12-17-9-6-14-26-17)22-23-21(25)15-27-19-11-5-4-10-18(19)16-7-2-1-3-8-16/h1-14H,15H2,(H,22,24)(H,23,25)/b13-12+. The van der Waals surface area contributed by atoms with Gasteiger partial charge in [0, 0.05) is 11.6 Å². The summed E-state index contributed by atoms with van der Waals surface area (Å²) >= 11 is 0. The molecule has 0 atom stereocenters. The van der Waals surface area contributed by atoms with Crippen molar-refractivity contribution < 1.29 is 18.7 Å². The van der Waals surface area contributed by atoms with E-state index < -0.39 is 11.8 Å². The number of hydrazine groups is 1. The highest BCUT2D eigenvalue weighted by Gasteiger charge is 2.08. The number of benzene rings is 2. The van der Waals surface area contributed by atoms with Crippen LogP contribution in [0.5, 0.6) is 5.75 Å². The monoisotopic (exact) mass is 362 g/mol. The Morgan fingerprint density at radius 3 is 2.48 bits per heavy atom. The molecule has 1 aromatic heterocycles. The molecule has 0 spiro atoms. The van der Waals surface area contributed by atoms with Gasteiger partial charge >= 0.3 is 0 Å². The van der Waals surface area contributed by atoms with Crippen molar-refractivity contribution in [2.45, 2.75) is 0 Å². The third-order valence-electron chi connectivity index (χ3n) is 3.60. The van der Waals surface area contributed by atoms with Crippen molar-refractivity contribution in [2.75, 3.05) is 6.61 Å². The van der Waals surface area contributed by atoms with Gasteiger partial charge in [-0.1, -0.05) is 48.5 Å². The minimum absolute atomic E-state index is 0.230. The van der Waals surface area contributed by atoms with Crippen LogP contribution in [-0.2, 0) is 9.59 Å². The summed E-state index contributed by atoms with van der Waals surface area (Å²) in [5, 5.41) is 0. The maximum absolute atomic E-state index is 11.9. The Morgan fingerprint density at radius 1 is 0.926 bits per heavy atom. The molecule has 0 fully saturated rings. The van der Waals surface area contributed by atoms with Crippen molar-refractivity contribution in [1.82, 2.24) is 10.9 Å². The minimum atomic E-state index is -0.482. The molecule has 136 valence electrons. The van der Waals surface area contributed by atoms with E-state index in [9.17, 15) is 9.59 Å². The number of nitrogens with one attached hydrogen (secondary N) is 2. The van der Waals surface area contributed by atoms with Gasteiger partial charge in [0.05, 0.1) is 6.26 Å². The number of hydrogen-bond donors (Lipinski definition) is 2. The molecule has 1 heterocycles. The topological polar surface area (TPSA) is 80.6 Å². The first-order valence-electron chi connectivity index (χ1n) is 8.30. The molecule has 0 radical (unpaired) electrons. The van der Waals surface area contributed by atoms with Crippen molar-refractivity contribution in [2.24, 2.45) is 0 Å². The number of hydrogen-bond acceptors (Lipinski definition) is 4. The van der Waals surface area contributed by atoms with Gasteiger partial charge in [0.2, 0.25) is 0 Å². The van der Waals surface area contributed by atoms with Crippen LogP contribution < -0.4 is 15.6 Å². The van der Waals surface area contributed by atoms with Crippen LogP contribution in [-0.4, -0.2) is 18.4 Å². The number of rotatable bonds is 6. The Bertz CT molecular complexity index is 918. The summed E-state index contributed by atoms with van der Waals surface area (Å²) in [5.41, 5.74) is 6.45. The molecule has 0 aliphatic rings. The molecule has 2 N–H and O–H groups in total. The zero-order valence-electron chi connectivity index (χ0n) is 14.4. The SMILES string of the molecule is O=C(/C=C/c1ccco1)NNC(=O)COc1ccccc1-c1ccccc1. The molecule has 0 bridgehead atoms. The first-order chi connectivity index (χ1) is 13.2.